The van der Waals surface area contributed by atoms with Crippen molar-refractivity contribution in [1.82, 2.24) is 4.98 Å². The summed E-state index contributed by atoms with van der Waals surface area (Å²) in [4.78, 5) is 30.4. The summed E-state index contributed by atoms with van der Waals surface area (Å²) in [5.74, 6) is -0.571. The molecule has 3 rings (SSSR count). The quantitative estimate of drug-likeness (QED) is 0.405. The van der Waals surface area contributed by atoms with Gasteiger partial charge in [-0.3, -0.25) is 14.6 Å². The highest BCUT2D eigenvalue weighted by atomic mass is 19.4. The van der Waals surface area contributed by atoms with E-state index in [2.05, 4.69) is 4.98 Å². The maximum atomic E-state index is 13.7. The molecule has 3 aromatic rings. The second kappa shape index (κ2) is 11.0. The highest BCUT2D eigenvalue weighted by molar-refractivity contribution is 5.98. The Balaban J connectivity index is 1.95. The molecule has 0 aliphatic carbocycles. The largest absolute Gasteiger partial charge is 0.496 e. The van der Waals surface area contributed by atoms with Crippen molar-refractivity contribution in [1.29, 1.82) is 0 Å². The average Bonchev–Trinajstić information content (AvgIpc) is 2.83. The van der Waals surface area contributed by atoms with Crippen LogP contribution in [0.5, 0.6) is 5.75 Å². The Hall–Kier alpha value is -3.88. The number of pyridine rings is 1. The summed E-state index contributed by atoms with van der Waals surface area (Å²) in [6.07, 6.45) is -4.38. The molecule has 0 saturated heterocycles. The van der Waals surface area contributed by atoms with E-state index in [1.54, 1.807) is 48.5 Å². The van der Waals surface area contributed by atoms with E-state index in [1.165, 1.54) is 25.0 Å². The van der Waals surface area contributed by atoms with Crippen LogP contribution in [0.2, 0.25) is 0 Å². The number of aryl methyl sites for hydroxylation is 1. The fourth-order valence-electron chi connectivity index (χ4n) is 3.52. The summed E-state index contributed by atoms with van der Waals surface area (Å²) in [6.45, 7) is 3.17. The second-order valence-electron chi connectivity index (χ2n) is 7.84. The highest BCUT2D eigenvalue weighted by Crippen LogP contribution is 2.30. The normalized spacial score (nSPS) is 12.1. The Morgan fingerprint density at radius 2 is 1.77 bits per heavy atom. The number of hydrogen-bond donors (Lipinski definition) is 0. The van der Waals surface area contributed by atoms with E-state index in [0.717, 1.165) is 17.8 Å². The molecule has 0 saturated carbocycles. The fraction of sp³-hybridized carbons (Fsp3) is 0.269. The van der Waals surface area contributed by atoms with Crippen LogP contribution in [0, 0.1) is 6.92 Å². The molecule has 2 aromatic carbocycles. The first-order valence-electron chi connectivity index (χ1n) is 10.8. The smallest absolute Gasteiger partial charge is 0.433 e. The number of rotatable bonds is 8. The minimum Gasteiger partial charge on any atom is -0.496 e. The summed E-state index contributed by atoms with van der Waals surface area (Å²) in [5, 5.41) is 0. The lowest BCUT2D eigenvalue weighted by atomic mass is 10.1. The number of methoxy groups -OCH3 is 1. The number of nitrogens with zero attached hydrogens (tertiary/aromatic N) is 2. The molecule has 0 aliphatic rings. The van der Waals surface area contributed by atoms with Crippen LogP contribution in [0.3, 0.4) is 0 Å². The van der Waals surface area contributed by atoms with Gasteiger partial charge >= 0.3 is 12.1 Å². The van der Waals surface area contributed by atoms with Gasteiger partial charge in [-0.2, -0.15) is 13.2 Å². The third-order valence-electron chi connectivity index (χ3n) is 5.32. The van der Waals surface area contributed by atoms with Gasteiger partial charge in [0.25, 0.3) is 5.91 Å². The van der Waals surface area contributed by atoms with Gasteiger partial charge in [-0.15, -0.1) is 0 Å². The second-order valence-corrected chi connectivity index (χ2v) is 7.84. The van der Waals surface area contributed by atoms with E-state index < -0.39 is 29.9 Å². The molecule has 35 heavy (non-hydrogen) atoms. The number of benzene rings is 2. The summed E-state index contributed by atoms with van der Waals surface area (Å²) in [7, 11) is 1.51. The van der Waals surface area contributed by atoms with Crippen molar-refractivity contribution in [3.63, 3.8) is 0 Å². The SMILES string of the molecule is COc1cc(N(CCc2ccc(C(F)(F)F)nc2)C(=O)C(OC(C)=O)c2ccccc2)ccc1C. The van der Waals surface area contributed by atoms with Crippen LogP contribution in [0.1, 0.15) is 35.4 Å². The fourth-order valence-corrected chi connectivity index (χ4v) is 3.52. The van der Waals surface area contributed by atoms with Crippen molar-refractivity contribution in [2.45, 2.75) is 32.5 Å². The molecule has 1 heterocycles. The lowest BCUT2D eigenvalue weighted by Crippen LogP contribution is -2.38. The molecular formula is C26H25F3N2O4. The van der Waals surface area contributed by atoms with Gasteiger partial charge in [0.05, 0.1) is 7.11 Å². The zero-order chi connectivity index (χ0) is 25.6. The van der Waals surface area contributed by atoms with E-state index in [9.17, 15) is 22.8 Å². The number of carbonyl (C=O) groups is 2. The number of ether oxygens (including phenoxy) is 2. The van der Waals surface area contributed by atoms with Crippen molar-refractivity contribution >= 4 is 17.6 Å². The number of halogens is 3. The van der Waals surface area contributed by atoms with Crippen LogP contribution in [0.4, 0.5) is 18.9 Å². The molecule has 1 atom stereocenters. The number of carbonyl (C=O) groups excluding carboxylic acids is 2. The Kier molecular flexibility index (Phi) is 8.11. The minimum atomic E-state index is -4.54. The summed E-state index contributed by atoms with van der Waals surface area (Å²) < 4.78 is 49.3. The van der Waals surface area contributed by atoms with Gasteiger partial charge in [-0.25, -0.2) is 0 Å². The molecule has 0 spiro atoms. The van der Waals surface area contributed by atoms with Crippen LogP contribution >= 0.6 is 0 Å². The van der Waals surface area contributed by atoms with Crippen LogP contribution in [0.25, 0.3) is 0 Å². The van der Waals surface area contributed by atoms with E-state index >= 15 is 0 Å². The van der Waals surface area contributed by atoms with Crippen molar-refractivity contribution in [3.05, 3.63) is 89.2 Å². The van der Waals surface area contributed by atoms with Crippen molar-refractivity contribution in [2.75, 3.05) is 18.6 Å². The van der Waals surface area contributed by atoms with Gasteiger partial charge in [-0.1, -0.05) is 42.5 Å². The highest BCUT2D eigenvalue weighted by Gasteiger charge is 2.32. The van der Waals surface area contributed by atoms with E-state index in [-0.39, 0.29) is 13.0 Å². The number of aromatic nitrogens is 1. The number of amides is 1. The van der Waals surface area contributed by atoms with Crippen LogP contribution in [-0.4, -0.2) is 30.5 Å². The Bertz CT molecular complexity index is 1170. The first kappa shape index (κ1) is 25.7. The Morgan fingerprint density at radius 3 is 2.34 bits per heavy atom. The topological polar surface area (TPSA) is 68.7 Å². The van der Waals surface area contributed by atoms with E-state index in [0.29, 0.717) is 22.6 Å². The molecule has 0 aliphatic heterocycles. The van der Waals surface area contributed by atoms with E-state index in [4.69, 9.17) is 9.47 Å². The molecule has 1 unspecified atom stereocenters. The monoisotopic (exact) mass is 486 g/mol. The number of hydrogen-bond acceptors (Lipinski definition) is 5. The maximum Gasteiger partial charge on any atom is 0.433 e. The zero-order valence-electron chi connectivity index (χ0n) is 19.5. The molecule has 9 heteroatoms. The van der Waals surface area contributed by atoms with Crippen LogP contribution in [0.15, 0.2) is 66.9 Å². The van der Waals surface area contributed by atoms with Crippen molar-refractivity contribution in [2.24, 2.45) is 0 Å². The number of alkyl halides is 3. The Morgan fingerprint density at radius 1 is 1.06 bits per heavy atom. The first-order valence-corrected chi connectivity index (χ1v) is 10.8. The van der Waals surface area contributed by atoms with Crippen LogP contribution in [-0.2, 0) is 26.9 Å². The van der Waals surface area contributed by atoms with Gasteiger partial charge in [-0.05, 0) is 36.6 Å². The lowest BCUT2D eigenvalue weighted by molar-refractivity contribution is -0.153. The molecule has 1 amide bonds. The Labute approximate surface area is 201 Å². The first-order chi connectivity index (χ1) is 16.6. The minimum absolute atomic E-state index is 0.0999. The molecule has 0 fully saturated rings. The van der Waals surface area contributed by atoms with Gasteiger partial charge < -0.3 is 14.4 Å². The third-order valence-corrected chi connectivity index (χ3v) is 5.32. The molecular weight excluding hydrogens is 461 g/mol. The number of esters is 1. The standard InChI is InChI=1S/C26H25F3N2O4/c1-17-9-11-21(15-22(17)34-3)31(14-13-19-10-12-23(30-16-19)26(27,28)29)25(33)24(35-18(2)32)20-7-5-4-6-8-20/h4-12,15-16,24H,13-14H2,1-3H3. The van der Waals surface area contributed by atoms with Gasteiger partial charge in [0.15, 0.2) is 0 Å². The average molecular weight is 486 g/mol. The van der Waals surface area contributed by atoms with Gasteiger partial charge in [0.2, 0.25) is 6.10 Å². The summed E-state index contributed by atoms with van der Waals surface area (Å²) in [6, 6.07) is 16.0. The number of anilines is 1. The predicted octanol–water partition coefficient (Wildman–Crippen LogP) is 5.30. The molecule has 0 bridgehead atoms. The zero-order valence-corrected chi connectivity index (χ0v) is 19.5. The van der Waals surface area contributed by atoms with Crippen molar-refractivity contribution < 1.29 is 32.2 Å². The maximum absolute atomic E-state index is 13.7. The predicted molar refractivity (Wildman–Crippen MR) is 124 cm³/mol. The van der Waals surface area contributed by atoms with Gasteiger partial charge in [0, 0.05) is 37.0 Å². The lowest BCUT2D eigenvalue weighted by Gasteiger charge is -2.28. The molecule has 1 aromatic heterocycles. The van der Waals surface area contributed by atoms with Crippen molar-refractivity contribution in [3.8, 4) is 5.75 Å². The molecule has 0 radical (unpaired) electrons. The molecule has 0 N–H and O–H groups in total. The van der Waals surface area contributed by atoms with Gasteiger partial charge in [0.1, 0.15) is 11.4 Å². The molecule has 184 valence electrons. The summed E-state index contributed by atoms with van der Waals surface area (Å²) >= 11 is 0. The third kappa shape index (κ3) is 6.59. The van der Waals surface area contributed by atoms with Crippen LogP contribution < -0.4 is 9.64 Å². The van der Waals surface area contributed by atoms with E-state index in [1.807, 2.05) is 6.92 Å². The summed E-state index contributed by atoms with van der Waals surface area (Å²) in [5.41, 5.74) is 1.36. The molecule has 6 nitrogen and oxygen atoms in total.